The summed E-state index contributed by atoms with van der Waals surface area (Å²) in [6.07, 6.45) is 5.06. The molecule has 2 atom stereocenters. The minimum Gasteiger partial charge on any atom is -0.365 e. The molecule has 1 fully saturated rings. The molecular weight excluding hydrogens is 278 g/mol. The Labute approximate surface area is 137 Å². The van der Waals surface area contributed by atoms with Crippen LogP contribution in [0.3, 0.4) is 0 Å². The largest absolute Gasteiger partial charge is 0.365 e. The summed E-state index contributed by atoms with van der Waals surface area (Å²) in [4.78, 5) is 2.72. The maximum atomic E-state index is 2.72. The highest BCUT2D eigenvalue weighted by molar-refractivity contribution is 5.85. The molecule has 1 nitrogen and oxygen atoms in total. The molecule has 0 aromatic heterocycles. The standard InChI is InChI=1S/C22H21N/c1-3-10-21-16(6-1)8-5-9-17(21)14-19-12-13-20-15-18-7-2-4-11-22(18)23(19)20/h1-11,19-20H,12-15H2/t19-,20-/m1/s1. The summed E-state index contributed by atoms with van der Waals surface area (Å²) < 4.78 is 0. The van der Waals surface area contributed by atoms with Gasteiger partial charge in [-0.25, -0.2) is 0 Å². The Hall–Kier alpha value is -2.28. The van der Waals surface area contributed by atoms with Gasteiger partial charge in [0.2, 0.25) is 0 Å². The topological polar surface area (TPSA) is 3.24 Å². The molecule has 2 heterocycles. The molecule has 0 spiro atoms. The number of benzene rings is 3. The first-order valence-corrected chi connectivity index (χ1v) is 8.73. The van der Waals surface area contributed by atoms with Crippen LogP contribution in [0.25, 0.3) is 10.8 Å². The highest BCUT2D eigenvalue weighted by Gasteiger charge is 2.39. The van der Waals surface area contributed by atoms with E-state index in [0.717, 1.165) is 12.5 Å². The van der Waals surface area contributed by atoms with E-state index in [1.165, 1.54) is 41.3 Å². The van der Waals surface area contributed by atoms with Gasteiger partial charge in [0.1, 0.15) is 0 Å². The van der Waals surface area contributed by atoms with Gasteiger partial charge < -0.3 is 4.90 Å². The summed E-state index contributed by atoms with van der Waals surface area (Å²) in [5.41, 5.74) is 4.53. The molecule has 2 aliphatic heterocycles. The second-order valence-corrected chi connectivity index (χ2v) is 6.97. The van der Waals surface area contributed by atoms with Crippen molar-refractivity contribution in [3.8, 4) is 0 Å². The summed E-state index contributed by atoms with van der Waals surface area (Å²) in [6, 6.07) is 25.9. The lowest BCUT2D eigenvalue weighted by Crippen LogP contribution is -2.34. The van der Waals surface area contributed by atoms with E-state index < -0.39 is 0 Å². The van der Waals surface area contributed by atoms with Gasteiger partial charge in [-0.1, -0.05) is 60.7 Å². The Morgan fingerprint density at radius 1 is 0.826 bits per heavy atom. The summed E-state index contributed by atoms with van der Waals surface area (Å²) in [7, 11) is 0. The SMILES string of the molecule is c1ccc2c(c1)C[C@H]1CC[C@H](Cc3cccc4ccccc34)N21. The number of hydrogen-bond acceptors (Lipinski definition) is 1. The van der Waals surface area contributed by atoms with Crippen LogP contribution < -0.4 is 4.90 Å². The van der Waals surface area contributed by atoms with E-state index in [4.69, 9.17) is 0 Å². The molecule has 0 bridgehead atoms. The average Bonchev–Trinajstić information content (AvgIpc) is 3.15. The number of fused-ring (bicyclic) bond motifs is 4. The molecule has 0 amide bonds. The molecule has 0 radical (unpaired) electrons. The van der Waals surface area contributed by atoms with Crippen molar-refractivity contribution in [2.24, 2.45) is 0 Å². The van der Waals surface area contributed by atoms with E-state index in [1.54, 1.807) is 5.56 Å². The summed E-state index contributed by atoms with van der Waals surface area (Å²) in [5.74, 6) is 0. The van der Waals surface area contributed by atoms with Crippen LogP contribution in [0.2, 0.25) is 0 Å². The van der Waals surface area contributed by atoms with Crippen LogP contribution >= 0.6 is 0 Å². The van der Waals surface area contributed by atoms with Crippen molar-refractivity contribution in [3.05, 3.63) is 77.9 Å². The van der Waals surface area contributed by atoms with Crippen LogP contribution in [0, 0.1) is 0 Å². The fourth-order valence-corrected chi connectivity index (χ4v) is 4.67. The Morgan fingerprint density at radius 3 is 2.65 bits per heavy atom. The second-order valence-electron chi connectivity index (χ2n) is 6.97. The quantitative estimate of drug-likeness (QED) is 0.645. The molecule has 114 valence electrons. The predicted molar refractivity (Wildman–Crippen MR) is 97.1 cm³/mol. The van der Waals surface area contributed by atoms with Gasteiger partial charge >= 0.3 is 0 Å². The van der Waals surface area contributed by atoms with Crippen LogP contribution in [0.15, 0.2) is 66.7 Å². The highest BCUT2D eigenvalue weighted by atomic mass is 15.2. The molecule has 1 saturated heterocycles. The van der Waals surface area contributed by atoms with Crippen molar-refractivity contribution in [1.82, 2.24) is 0 Å². The fourth-order valence-electron chi connectivity index (χ4n) is 4.67. The maximum absolute atomic E-state index is 2.72. The van der Waals surface area contributed by atoms with Crippen LogP contribution in [0.4, 0.5) is 5.69 Å². The Kier molecular flexibility index (Phi) is 2.94. The molecule has 0 aliphatic carbocycles. The van der Waals surface area contributed by atoms with Crippen molar-refractivity contribution in [2.45, 2.75) is 37.8 Å². The zero-order valence-electron chi connectivity index (χ0n) is 13.3. The normalized spacial score (nSPS) is 22.3. The summed E-state index contributed by atoms with van der Waals surface area (Å²) >= 11 is 0. The minimum atomic E-state index is 0.648. The molecule has 0 unspecified atom stereocenters. The fraction of sp³-hybridized carbons (Fsp3) is 0.273. The lowest BCUT2D eigenvalue weighted by atomic mass is 9.97. The molecule has 3 aromatic carbocycles. The van der Waals surface area contributed by atoms with Crippen LogP contribution in [-0.2, 0) is 12.8 Å². The molecule has 2 aliphatic rings. The molecular formula is C22H21N. The first kappa shape index (κ1) is 13.2. The van der Waals surface area contributed by atoms with Gasteiger partial charge in [0.15, 0.2) is 0 Å². The first-order chi connectivity index (χ1) is 11.4. The zero-order valence-corrected chi connectivity index (χ0v) is 13.3. The third kappa shape index (κ3) is 2.07. The van der Waals surface area contributed by atoms with Gasteiger partial charge in [-0.15, -0.1) is 0 Å². The van der Waals surface area contributed by atoms with Gasteiger partial charge in [0, 0.05) is 17.8 Å². The van der Waals surface area contributed by atoms with Crippen molar-refractivity contribution in [3.63, 3.8) is 0 Å². The van der Waals surface area contributed by atoms with Gasteiger partial charge in [0.25, 0.3) is 0 Å². The van der Waals surface area contributed by atoms with Crippen molar-refractivity contribution >= 4 is 16.5 Å². The average molecular weight is 299 g/mol. The minimum absolute atomic E-state index is 0.648. The van der Waals surface area contributed by atoms with E-state index in [-0.39, 0.29) is 0 Å². The van der Waals surface area contributed by atoms with Crippen LogP contribution in [-0.4, -0.2) is 12.1 Å². The predicted octanol–water partition coefficient (Wildman–Crippen LogP) is 4.98. The molecule has 23 heavy (non-hydrogen) atoms. The highest BCUT2D eigenvalue weighted by Crippen LogP contribution is 2.42. The molecule has 1 heteroatoms. The second kappa shape index (κ2) is 5.13. The zero-order chi connectivity index (χ0) is 15.2. The number of nitrogens with zero attached hydrogens (tertiary/aromatic N) is 1. The van der Waals surface area contributed by atoms with Gasteiger partial charge in [-0.3, -0.25) is 0 Å². The van der Waals surface area contributed by atoms with E-state index in [1.807, 2.05) is 0 Å². The number of hydrogen-bond donors (Lipinski definition) is 0. The third-order valence-corrected chi connectivity index (χ3v) is 5.68. The Bertz CT molecular complexity index is 861. The summed E-state index contributed by atoms with van der Waals surface area (Å²) in [5, 5.41) is 2.78. The van der Waals surface area contributed by atoms with Gasteiger partial charge in [-0.2, -0.15) is 0 Å². The van der Waals surface area contributed by atoms with Gasteiger partial charge in [0.05, 0.1) is 0 Å². The van der Waals surface area contributed by atoms with E-state index in [0.29, 0.717) is 6.04 Å². The van der Waals surface area contributed by atoms with Gasteiger partial charge in [-0.05, 0) is 53.6 Å². The lowest BCUT2D eigenvalue weighted by molar-refractivity contribution is 0.650. The van der Waals surface area contributed by atoms with Crippen molar-refractivity contribution in [2.75, 3.05) is 4.90 Å². The first-order valence-electron chi connectivity index (χ1n) is 8.73. The molecule has 3 aromatic rings. The maximum Gasteiger partial charge on any atom is 0.0404 e. The summed E-state index contributed by atoms with van der Waals surface area (Å²) in [6.45, 7) is 0. The lowest BCUT2D eigenvalue weighted by Gasteiger charge is -2.28. The molecule has 5 rings (SSSR count). The number of para-hydroxylation sites is 1. The van der Waals surface area contributed by atoms with E-state index >= 15 is 0 Å². The van der Waals surface area contributed by atoms with Crippen LogP contribution in [0.1, 0.15) is 24.0 Å². The Morgan fingerprint density at radius 2 is 1.65 bits per heavy atom. The van der Waals surface area contributed by atoms with Crippen molar-refractivity contribution < 1.29 is 0 Å². The number of anilines is 1. The van der Waals surface area contributed by atoms with E-state index in [2.05, 4.69) is 71.6 Å². The van der Waals surface area contributed by atoms with E-state index in [9.17, 15) is 0 Å². The Balaban J connectivity index is 1.51. The third-order valence-electron chi connectivity index (χ3n) is 5.68. The molecule has 0 N–H and O–H groups in total. The number of rotatable bonds is 2. The molecule has 0 saturated carbocycles. The monoisotopic (exact) mass is 299 g/mol. The van der Waals surface area contributed by atoms with Crippen molar-refractivity contribution in [1.29, 1.82) is 0 Å². The smallest absolute Gasteiger partial charge is 0.0404 e. The van der Waals surface area contributed by atoms with Crippen LogP contribution in [0.5, 0.6) is 0 Å².